The molecule has 0 N–H and O–H groups in total. The number of hydrogen-bond donors (Lipinski definition) is 0. The zero-order valence-corrected chi connectivity index (χ0v) is 17.0. The normalized spacial score (nSPS) is 25.0. The minimum Gasteiger partial charge on any atom is -0.381 e. The summed E-state index contributed by atoms with van der Waals surface area (Å²) >= 11 is 0. The number of benzene rings is 2. The fourth-order valence-electron chi connectivity index (χ4n) is 4.30. The molecule has 2 aromatic rings. The lowest BCUT2D eigenvalue weighted by Crippen LogP contribution is -2.39. The molecule has 0 amide bonds. The summed E-state index contributed by atoms with van der Waals surface area (Å²) in [5.41, 5.74) is 1.12. The first-order valence-electron chi connectivity index (χ1n) is 10.1. The van der Waals surface area contributed by atoms with Gasteiger partial charge in [0.1, 0.15) is 16.9 Å². The number of nitrogens with zero attached hydrogens (tertiary/aromatic N) is 1. The summed E-state index contributed by atoms with van der Waals surface area (Å²) < 4.78 is 62.4. The Morgan fingerprint density at radius 2 is 1.83 bits per heavy atom. The summed E-state index contributed by atoms with van der Waals surface area (Å²) in [5, 5.41) is -0.649. The Labute approximate surface area is 170 Å². The van der Waals surface area contributed by atoms with Crippen molar-refractivity contribution in [1.29, 1.82) is 0 Å². The van der Waals surface area contributed by atoms with Gasteiger partial charge in [0, 0.05) is 31.2 Å². The number of sulfonamides is 1. The summed E-state index contributed by atoms with van der Waals surface area (Å²) in [6, 6.07) is 11.4. The van der Waals surface area contributed by atoms with Crippen LogP contribution in [0.3, 0.4) is 0 Å². The monoisotopic (exact) mass is 421 g/mol. The maximum absolute atomic E-state index is 14.8. The maximum atomic E-state index is 14.8. The van der Waals surface area contributed by atoms with Gasteiger partial charge in [-0.25, -0.2) is 17.2 Å². The molecule has 2 fully saturated rings. The Kier molecular flexibility index (Phi) is 5.99. The summed E-state index contributed by atoms with van der Waals surface area (Å²) in [6.07, 6.45) is 2.79. The smallest absolute Gasteiger partial charge is 0.221 e. The molecule has 2 aliphatic rings. The largest absolute Gasteiger partial charge is 0.381 e. The number of halogens is 2. The quantitative estimate of drug-likeness (QED) is 0.729. The van der Waals surface area contributed by atoms with Gasteiger partial charge in [0.15, 0.2) is 0 Å². The predicted octanol–water partition coefficient (Wildman–Crippen LogP) is 4.53. The average molecular weight is 422 g/mol. The van der Waals surface area contributed by atoms with Crippen LogP contribution in [0.2, 0.25) is 0 Å². The molecular formula is C22H25F2NO3S. The minimum atomic E-state index is -3.65. The van der Waals surface area contributed by atoms with Crippen LogP contribution in [-0.2, 0) is 21.3 Å². The minimum absolute atomic E-state index is 0.0697. The second-order valence-electron chi connectivity index (χ2n) is 7.80. The fraction of sp³-hybridized carbons (Fsp3) is 0.455. The molecule has 4 rings (SSSR count). The molecule has 4 nitrogen and oxygen atoms in total. The molecule has 2 aromatic carbocycles. The molecule has 2 atom stereocenters. The second kappa shape index (κ2) is 8.50. The van der Waals surface area contributed by atoms with Crippen molar-refractivity contribution in [2.24, 2.45) is 0 Å². The predicted molar refractivity (Wildman–Crippen MR) is 107 cm³/mol. The SMILES string of the molecule is O=S1(=O)[C@@H](c2ccccc2)CCCN1Cc1cc(F)c([C@@H]2CCCOC2)cc1F. The zero-order valence-electron chi connectivity index (χ0n) is 16.2. The van der Waals surface area contributed by atoms with Crippen LogP contribution < -0.4 is 0 Å². The van der Waals surface area contributed by atoms with Crippen molar-refractivity contribution in [3.63, 3.8) is 0 Å². The van der Waals surface area contributed by atoms with Crippen LogP contribution in [0.1, 0.15) is 53.5 Å². The molecule has 0 unspecified atom stereocenters. The molecule has 0 saturated carbocycles. The van der Waals surface area contributed by atoms with Gasteiger partial charge >= 0.3 is 0 Å². The molecule has 2 saturated heterocycles. The summed E-state index contributed by atoms with van der Waals surface area (Å²) in [7, 11) is -3.65. The van der Waals surface area contributed by atoms with Gasteiger partial charge in [-0.3, -0.25) is 0 Å². The van der Waals surface area contributed by atoms with E-state index in [2.05, 4.69) is 0 Å². The topological polar surface area (TPSA) is 46.6 Å². The summed E-state index contributed by atoms with van der Waals surface area (Å²) in [4.78, 5) is 0. The van der Waals surface area contributed by atoms with E-state index in [-0.39, 0.29) is 18.0 Å². The van der Waals surface area contributed by atoms with Crippen molar-refractivity contribution in [2.75, 3.05) is 19.8 Å². The van der Waals surface area contributed by atoms with Crippen molar-refractivity contribution in [1.82, 2.24) is 4.31 Å². The molecule has 156 valence electrons. The van der Waals surface area contributed by atoms with Gasteiger partial charge in [-0.15, -0.1) is 0 Å². The molecule has 0 bridgehead atoms. The van der Waals surface area contributed by atoms with E-state index in [1.807, 2.05) is 18.2 Å². The van der Waals surface area contributed by atoms with Crippen molar-refractivity contribution < 1.29 is 21.9 Å². The first-order valence-corrected chi connectivity index (χ1v) is 11.6. The first kappa shape index (κ1) is 20.4. The third-order valence-corrected chi connectivity index (χ3v) is 8.14. The van der Waals surface area contributed by atoms with Gasteiger partial charge in [0.25, 0.3) is 0 Å². The van der Waals surface area contributed by atoms with Crippen LogP contribution in [0.5, 0.6) is 0 Å². The van der Waals surface area contributed by atoms with Gasteiger partial charge in [-0.2, -0.15) is 4.31 Å². The van der Waals surface area contributed by atoms with E-state index in [0.29, 0.717) is 38.2 Å². The van der Waals surface area contributed by atoms with Gasteiger partial charge in [0.2, 0.25) is 10.0 Å². The Bertz CT molecular complexity index is 960. The lowest BCUT2D eigenvalue weighted by molar-refractivity contribution is 0.0793. The Hall–Kier alpha value is -1.83. The van der Waals surface area contributed by atoms with Gasteiger partial charge in [0.05, 0.1) is 6.61 Å². The van der Waals surface area contributed by atoms with Crippen LogP contribution in [0.4, 0.5) is 8.78 Å². The summed E-state index contributed by atoms with van der Waals surface area (Å²) in [6.45, 7) is 1.18. The molecule has 0 radical (unpaired) electrons. The van der Waals surface area contributed by atoms with Crippen molar-refractivity contribution in [2.45, 2.75) is 43.4 Å². The number of hydrogen-bond acceptors (Lipinski definition) is 3. The molecule has 7 heteroatoms. The van der Waals surface area contributed by atoms with E-state index in [9.17, 15) is 17.2 Å². The van der Waals surface area contributed by atoms with Gasteiger partial charge in [-0.1, -0.05) is 30.3 Å². The van der Waals surface area contributed by atoms with E-state index in [4.69, 9.17) is 4.74 Å². The third kappa shape index (κ3) is 4.22. The number of ether oxygens (including phenoxy) is 1. The summed E-state index contributed by atoms with van der Waals surface area (Å²) in [5.74, 6) is -1.22. The van der Waals surface area contributed by atoms with E-state index in [1.165, 1.54) is 10.4 Å². The van der Waals surface area contributed by atoms with E-state index in [0.717, 1.165) is 24.5 Å². The molecule has 29 heavy (non-hydrogen) atoms. The molecular weight excluding hydrogens is 396 g/mol. The van der Waals surface area contributed by atoms with Crippen LogP contribution in [0, 0.1) is 11.6 Å². The van der Waals surface area contributed by atoms with Crippen molar-refractivity contribution in [3.05, 3.63) is 70.8 Å². The lowest BCUT2D eigenvalue weighted by Gasteiger charge is -2.33. The first-order chi connectivity index (χ1) is 14.0. The van der Waals surface area contributed by atoms with Crippen LogP contribution >= 0.6 is 0 Å². The Morgan fingerprint density at radius 1 is 1.03 bits per heavy atom. The van der Waals surface area contributed by atoms with E-state index >= 15 is 0 Å². The highest BCUT2D eigenvalue weighted by Gasteiger charge is 2.37. The molecule has 2 aliphatic heterocycles. The van der Waals surface area contributed by atoms with Crippen LogP contribution in [0.15, 0.2) is 42.5 Å². The van der Waals surface area contributed by atoms with E-state index < -0.39 is 26.9 Å². The highest BCUT2D eigenvalue weighted by atomic mass is 32.2. The maximum Gasteiger partial charge on any atom is 0.221 e. The molecule has 0 spiro atoms. The second-order valence-corrected chi connectivity index (χ2v) is 9.91. The zero-order chi connectivity index (χ0) is 20.4. The standard InChI is InChI=1S/C22H25F2NO3S/c23-20-13-19(17-8-5-11-28-15-17)21(24)12-18(20)14-25-10-4-9-22(29(25,26)27)16-6-2-1-3-7-16/h1-3,6-7,12-13,17,22H,4-5,8-11,14-15H2/t17-,22-/m1/s1. The third-order valence-electron chi connectivity index (χ3n) is 5.88. The highest BCUT2D eigenvalue weighted by Crippen LogP contribution is 2.36. The van der Waals surface area contributed by atoms with E-state index in [1.54, 1.807) is 12.1 Å². The Balaban J connectivity index is 1.57. The van der Waals surface area contributed by atoms with Gasteiger partial charge < -0.3 is 4.74 Å². The lowest BCUT2D eigenvalue weighted by atomic mass is 9.92. The molecule has 0 aromatic heterocycles. The van der Waals surface area contributed by atoms with Crippen molar-refractivity contribution >= 4 is 10.0 Å². The van der Waals surface area contributed by atoms with Crippen LogP contribution in [-0.4, -0.2) is 32.5 Å². The highest BCUT2D eigenvalue weighted by molar-refractivity contribution is 7.89. The van der Waals surface area contributed by atoms with Crippen molar-refractivity contribution in [3.8, 4) is 0 Å². The fourth-order valence-corrected chi connectivity index (χ4v) is 6.33. The number of rotatable bonds is 4. The average Bonchev–Trinajstić information content (AvgIpc) is 2.73. The Morgan fingerprint density at radius 3 is 2.55 bits per heavy atom. The molecule has 2 heterocycles. The van der Waals surface area contributed by atoms with Gasteiger partial charge in [-0.05, 0) is 48.9 Å². The van der Waals surface area contributed by atoms with Crippen LogP contribution in [0.25, 0.3) is 0 Å². The molecule has 0 aliphatic carbocycles.